The molecule has 0 unspecified atom stereocenters. The summed E-state index contributed by atoms with van der Waals surface area (Å²) in [6.45, 7) is 9.18. The molecule has 0 heterocycles. The highest BCUT2D eigenvalue weighted by atomic mass is 32.1. The van der Waals surface area contributed by atoms with Gasteiger partial charge in [0, 0.05) is 22.7 Å². The molecule has 0 aliphatic carbocycles. The lowest BCUT2D eigenvalue weighted by atomic mass is 10.2. The Bertz CT molecular complexity index is 1700. The minimum absolute atomic E-state index is 0.295. The van der Waals surface area contributed by atoms with E-state index in [9.17, 15) is 0 Å². The molecule has 244 valence electrons. The maximum atomic E-state index is 5.46. The van der Waals surface area contributed by atoms with Gasteiger partial charge in [-0.3, -0.25) is 21.7 Å². The number of nitrogens with one attached hydrogen (secondary N) is 8. The second kappa shape index (κ2) is 18.9. The van der Waals surface area contributed by atoms with Gasteiger partial charge in [-0.05, 0) is 125 Å². The summed E-state index contributed by atoms with van der Waals surface area (Å²) in [5, 5.41) is 30.9. The highest BCUT2D eigenvalue weighted by molar-refractivity contribution is 7.81. The van der Waals surface area contributed by atoms with E-state index in [0.29, 0.717) is 43.3 Å². The second-order valence-electron chi connectivity index (χ2n) is 9.81. The number of anilines is 4. The number of aryl methyl sites for hydroxylation is 1. The molecular weight excluding hydrogens is 669 g/mol. The molecule has 3 aromatic carbocycles. The number of benzene rings is 3. The SMILES string of the molecule is CC(=N\NC(=S)Nc1ccccc1)/C(C)=N/NC(=S)Nc1ccc(C)c(NC(=S)N/N=C(C)/C(C)=N/NC(=S)Nc2ccccc2)c1. The van der Waals surface area contributed by atoms with Crippen LogP contribution in [0.5, 0.6) is 0 Å². The fraction of sp³-hybridized carbons (Fsp3) is 0.161. The Morgan fingerprint density at radius 1 is 0.447 bits per heavy atom. The molecule has 8 N–H and O–H groups in total. The van der Waals surface area contributed by atoms with Crippen molar-refractivity contribution in [2.75, 3.05) is 21.3 Å². The standard InChI is InChI=1S/C31H36N12S4/c1-19-16-17-26(34-30(46)42-38-21(3)20(2)36-40-28(44)32-24-12-8-6-9-13-24)18-27(19)35-31(47)43-39-23(5)22(4)37-41-29(45)33-25-14-10-7-11-15-25/h6-18H,1-5H3,(H2,32,40,44)(H2,33,41,45)(H2,34,42,46)(H2,35,43,47)/b36-20+,37-22+,38-21+,39-23+. The summed E-state index contributed by atoms with van der Waals surface area (Å²) in [6.07, 6.45) is 0. The van der Waals surface area contributed by atoms with Crippen molar-refractivity contribution in [1.29, 1.82) is 0 Å². The predicted octanol–water partition coefficient (Wildman–Crippen LogP) is 6.04. The topological polar surface area (TPSA) is 146 Å². The zero-order valence-electron chi connectivity index (χ0n) is 26.4. The predicted molar refractivity (Wildman–Crippen MR) is 214 cm³/mol. The van der Waals surface area contributed by atoms with Gasteiger partial charge in [-0.15, -0.1) is 0 Å². The molecule has 0 saturated heterocycles. The highest BCUT2D eigenvalue weighted by Crippen LogP contribution is 2.20. The van der Waals surface area contributed by atoms with Crippen LogP contribution in [-0.2, 0) is 0 Å². The van der Waals surface area contributed by atoms with Crippen LogP contribution in [0.2, 0.25) is 0 Å². The molecule has 0 aliphatic rings. The monoisotopic (exact) mass is 704 g/mol. The first kappa shape index (κ1) is 36.6. The van der Waals surface area contributed by atoms with Gasteiger partial charge < -0.3 is 21.3 Å². The molecular formula is C31H36N12S4. The smallest absolute Gasteiger partial charge is 0.191 e. The largest absolute Gasteiger partial charge is 0.331 e. The molecule has 12 nitrogen and oxygen atoms in total. The number of hydrogen-bond donors (Lipinski definition) is 8. The summed E-state index contributed by atoms with van der Waals surface area (Å²) in [5.74, 6) is 0. The lowest BCUT2D eigenvalue weighted by Crippen LogP contribution is -2.29. The minimum atomic E-state index is 0.295. The summed E-state index contributed by atoms with van der Waals surface area (Å²) < 4.78 is 0. The van der Waals surface area contributed by atoms with E-state index < -0.39 is 0 Å². The van der Waals surface area contributed by atoms with E-state index in [1.54, 1.807) is 20.8 Å². The Morgan fingerprint density at radius 3 is 1.17 bits per heavy atom. The molecule has 0 fully saturated rings. The lowest BCUT2D eigenvalue weighted by Gasteiger charge is -2.14. The average molecular weight is 705 g/mol. The first-order chi connectivity index (χ1) is 22.5. The summed E-state index contributed by atoms with van der Waals surface area (Å²) >= 11 is 21.5. The van der Waals surface area contributed by atoms with E-state index >= 15 is 0 Å². The highest BCUT2D eigenvalue weighted by Gasteiger charge is 2.06. The zero-order valence-corrected chi connectivity index (χ0v) is 29.7. The Labute approximate surface area is 296 Å². The molecule has 3 rings (SSSR count). The Morgan fingerprint density at radius 2 is 0.787 bits per heavy atom. The quantitative estimate of drug-likeness (QED) is 0.0707. The Balaban J connectivity index is 1.48. The van der Waals surface area contributed by atoms with E-state index in [2.05, 4.69) is 63.4 Å². The third-order valence-corrected chi connectivity index (χ3v) is 6.93. The fourth-order valence-corrected chi connectivity index (χ4v) is 4.01. The zero-order chi connectivity index (χ0) is 34.2. The van der Waals surface area contributed by atoms with Gasteiger partial charge in [-0.25, -0.2) is 0 Å². The maximum absolute atomic E-state index is 5.46. The summed E-state index contributed by atoms with van der Waals surface area (Å²) in [7, 11) is 0. The summed E-state index contributed by atoms with van der Waals surface area (Å²) in [4.78, 5) is 0. The molecule has 0 radical (unpaired) electrons. The first-order valence-electron chi connectivity index (χ1n) is 14.2. The fourth-order valence-electron chi connectivity index (χ4n) is 3.37. The van der Waals surface area contributed by atoms with E-state index in [4.69, 9.17) is 48.9 Å². The van der Waals surface area contributed by atoms with Gasteiger partial charge in [0.15, 0.2) is 20.4 Å². The Hall–Kier alpha value is -4.90. The van der Waals surface area contributed by atoms with Crippen molar-refractivity contribution in [3.63, 3.8) is 0 Å². The number of nitrogens with zero attached hydrogens (tertiary/aromatic N) is 4. The second-order valence-corrected chi connectivity index (χ2v) is 11.4. The Kier molecular flexibility index (Phi) is 14.7. The lowest BCUT2D eigenvalue weighted by molar-refractivity contribution is 1.02. The molecule has 0 bridgehead atoms. The van der Waals surface area contributed by atoms with Crippen LogP contribution >= 0.6 is 48.9 Å². The van der Waals surface area contributed by atoms with Crippen molar-refractivity contribution in [3.8, 4) is 0 Å². The van der Waals surface area contributed by atoms with Crippen molar-refractivity contribution in [2.24, 2.45) is 20.4 Å². The third-order valence-electron chi connectivity index (χ3n) is 6.15. The van der Waals surface area contributed by atoms with Gasteiger partial charge in [0.2, 0.25) is 0 Å². The van der Waals surface area contributed by atoms with Crippen LogP contribution < -0.4 is 43.0 Å². The molecule has 0 amide bonds. The number of thiocarbonyl (C=S) groups is 4. The normalized spacial score (nSPS) is 11.9. The summed E-state index contributed by atoms with van der Waals surface area (Å²) in [6, 6.07) is 24.8. The van der Waals surface area contributed by atoms with E-state index in [-0.39, 0.29) is 0 Å². The van der Waals surface area contributed by atoms with Crippen molar-refractivity contribution in [1.82, 2.24) is 21.7 Å². The molecule has 0 aromatic heterocycles. The van der Waals surface area contributed by atoms with Crippen molar-refractivity contribution < 1.29 is 0 Å². The molecule has 0 saturated carbocycles. The molecule has 16 heteroatoms. The molecule has 47 heavy (non-hydrogen) atoms. The van der Waals surface area contributed by atoms with Crippen molar-refractivity contribution >= 4 is 115 Å². The molecule has 0 spiro atoms. The van der Waals surface area contributed by atoms with Crippen molar-refractivity contribution in [2.45, 2.75) is 34.6 Å². The van der Waals surface area contributed by atoms with Gasteiger partial charge in [0.05, 0.1) is 22.8 Å². The van der Waals surface area contributed by atoms with Gasteiger partial charge in [-0.1, -0.05) is 42.5 Å². The van der Waals surface area contributed by atoms with Crippen LogP contribution in [0.4, 0.5) is 22.7 Å². The number of hydrazone groups is 4. The average Bonchev–Trinajstić information content (AvgIpc) is 3.06. The van der Waals surface area contributed by atoms with Crippen LogP contribution in [0.15, 0.2) is 99.3 Å². The molecule has 0 aliphatic heterocycles. The van der Waals surface area contributed by atoms with E-state index in [0.717, 1.165) is 28.3 Å². The molecule has 3 aromatic rings. The van der Waals surface area contributed by atoms with Crippen LogP contribution in [0.25, 0.3) is 0 Å². The summed E-state index contributed by atoms with van der Waals surface area (Å²) in [5.41, 5.74) is 18.0. The van der Waals surface area contributed by atoms with E-state index in [1.165, 1.54) is 0 Å². The van der Waals surface area contributed by atoms with Crippen molar-refractivity contribution in [3.05, 3.63) is 84.4 Å². The van der Waals surface area contributed by atoms with Crippen LogP contribution in [-0.4, -0.2) is 43.3 Å². The van der Waals surface area contributed by atoms with Gasteiger partial charge in [0.1, 0.15) is 0 Å². The first-order valence-corrected chi connectivity index (χ1v) is 15.8. The van der Waals surface area contributed by atoms with Gasteiger partial charge >= 0.3 is 0 Å². The van der Waals surface area contributed by atoms with Crippen LogP contribution in [0.3, 0.4) is 0 Å². The minimum Gasteiger partial charge on any atom is -0.331 e. The van der Waals surface area contributed by atoms with Crippen LogP contribution in [0, 0.1) is 6.92 Å². The van der Waals surface area contributed by atoms with E-state index in [1.807, 2.05) is 92.7 Å². The van der Waals surface area contributed by atoms with Gasteiger partial charge in [0.25, 0.3) is 0 Å². The number of rotatable bonds is 10. The number of para-hydroxylation sites is 2. The molecule has 0 atom stereocenters. The number of hydrogen-bond acceptors (Lipinski definition) is 8. The third kappa shape index (κ3) is 13.5. The van der Waals surface area contributed by atoms with Gasteiger partial charge in [-0.2, -0.15) is 20.4 Å². The maximum Gasteiger partial charge on any atom is 0.191 e. The van der Waals surface area contributed by atoms with Crippen LogP contribution in [0.1, 0.15) is 33.3 Å².